The number of anilines is 1. The van der Waals surface area contributed by atoms with Crippen LogP contribution in [-0.4, -0.2) is 47.8 Å². The van der Waals surface area contributed by atoms with Gasteiger partial charge in [0.1, 0.15) is 24.6 Å². The number of carbonyl (C=O) groups is 3. The fourth-order valence-corrected chi connectivity index (χ4v) is 4.79. The van der Waals surface area contributed by atoms with Crippen molar-refractivity contribution in [3.8, 4) is 11.5 Å². The van der Waals surface area contributed by atoms with E-state index in [2.05, 4.69) is 6.92 Å². The Kier molecular flexibility index (Phi) is 21.1. The standard InChI is InChI=1S/C33H55NO7/c1-3-5-7-8-9-10-11-12-13-14-15-16-17-18-19-20-22-40-29-23-28(34(26-31(35)36)27-32(37)38)24-30(25-29)41-33(39)21-6-4-2/h23-25H,3-22,26-27H2,1-2H3,(H,35,36)(H,37,38). The molecule has 8 heteroatoms. The van der Waals surface area contributed by atoms with Crippen molar-refractivity contribution in [1.29, 1.82) is 0 Å². The number of carboxylic acids is 2. The lowest BCUT2D eigenvalue weighted by Gasteiger charge is -2.22. The molecule has 0 aromatic heterocycles. The minimum Gasteiger partial charge on any atom is -0.493 e. The fraction of sp³-hybridized carbons (Fsp3) is 0.727. The average molecular weight is 578 g/mol. The Morgan fingerprint density at radius 3 is 1.51 bits per heavy atom. The van der Waals surface area contributed by atoms with Crippen LogP contribution < -0.4 is 14.4 Å². The number of rotatable bonds is 27. The summed E-state index contributed by atoms with van der Waals surface area (Å²) in [5, 5.41) is 18.5. The summed E-state index contributed by atoms with van der Waals surface area (Å²) in [6.07, 6.45) is 22.5. The van der Waals surface area contributed by atoms with Crippen LogP contribution >= 0.6 is 0 Å². The van der Waals surface area contributed by atoms with Gasteiger partial charge in [-0.3, -0.25) is 14.4 Å². The summed E-state index contributed by atoms with van der Waals surface area (Å²) in [6.45, 7) is 3.71. The molecule has 0 bridgehead atoms. The number of esters is 1. The zero-order valence-electron chi connectivity index (χ0n) is 25.7. The molecule has 8 nitrogen and oxygen atoms in total. The number of ether oxygens (including phenoxy) is 2. The third-order valence-electron chi connectivity index (χ3n) is 7.11. The van der Waals surface area contributed by atoms with Crippen molar-refractivity contribution in [2.24, 2.45) is 0 Å². The Hall–Kier alpha value is -2.77. The number of benzene rings is 1. The maximum atomic E-state index is 12.2. The van der Waals surface area contributed by atoms with Crippen LogP contribution in [0.15, 0.2) is 18.2 Å². The predicted octanol–water partition coefficient (Wildman–Crippen LogP) is 8.40. The van der Waals surface area contributed by atoms with E-state index in [1.54, 1.807) is 12.1 Å². The molecule has 0 spiro atoms. The van der Waals surface area contributed by atoms with Gasteiger partial charge in [-0.25, -0.2) is 0 Å². The molecular formula is C33H55NO7. The van der Waals surface area contributed by atoms with Crippen molar-refractivity contribution in [2.45, 2.75) is 136 Å². The van der Waals surface area contributed by atoms with Crippen molar-refractivity contribution in [2.75, 3.05) is 24.6 Å². The van der Waals surface area contributed by atoms with Gasteiger partial charge >= 0.3 is 17.9 Å². The van der Waals surface area contributed by atoms with Crippen LogP contribution in [0.3, 0.4) is 0 Å². The van der Waals surface area contributed by atoms with E-state index in [1.165, 1.54) is 94.4 Å². The lowest BCUT2D eigenvalue weighted by atomic mass is 10.0. The Balaban J connectivity index is 2.40. The molecule has 1 aromatic rings. The van der Waals surface area contributed by atoms with Crippen LogP contribution in [0.5, 0.6) is 11.5 Å². The molecule has 0 fully saturated rings. The Morgan fingerprint density at radius 2 is 1.05 bits per heavy atom. The van der Waals surface area contributed by atoms with E-state index in [-0.39, 0.29) is 12.2 Å². The van der Waals surface area contributed by atoms with E-state index in [0.717, 1.165) is 25.7 Å². The molecule has 0 saturated heterocycles. The van der Waals surface area contributed by atoms with Crippen molar-refractivity contribution in [3.63, 3.8) is 0 Å². The summed E-state index contributed by atoms with van der Waals surface area (Å²) in [6, 6.07) is 4.68. The second-order valence-corrected chi connectivity index (χ2v) is 11.0. The second kappa shape index (κ2) is 23.9. The minimum atomic E-state index is -1.16. The van der Waals surface area contributed by atoms with Crippen LogP contribution in [-0.2, 0) is 14.4 Å². The first kappa shape index (κ1) is 36.3. The van der Waals surface area contributed by atoms with Gasteiger partial charge in [-0.2, -0.15) is 0 Å². The van der Waals surface area contributed by atoms with Crippen LogP contribution in [0, 0.1) is 0 Å². The quantitative estimate of drug-likeness (QED) is 0.0609. The summed E-state index contributed by atoms with van der Waals surface area (Å²) in [5.74, 6) is -2.08. The monoisotopic (exact) mass is 577 g/mol. The lowest BCUT2D eigenvalue weighted by Crippen LogP contribution is -2.34. The van der Waals surface area contributed by atoms with E-state index in [4.69, 9.17) is 9.47 Å². The van der Waals surface area contributed by atoms with Gasteiger partial charge in [0, 0.05) is 30.3 Å². The Bertz CT molecular complexity index is 842. The van der Waals surface area contributed by atoms with Crippen LogP contribution in [0.4, 0.5) is 5.69 Å². The largest absolute Gasteiger partial charge is 0.493 e. The first-order valence-corrected chi connectivity index (χ1v) is 16.0. The number of hydrogen-bond donors (Lipinski definition) is 2. The topological polar surface area (TPSA) is 113 Å². The van der Waals surface area contributed by atoms with Crippen LogP contribution in [0.1, 0.15) is 136 Å². The molecule has 0 aliphatic carbocycles. The van der Waals surface area contributed by atoms with E-state index < -0.39 is 31.0 Å². The molecule has 0 amide bonds. The SMILES string of the molecule is CCCCCCCCCCCCCCCCCCOc1cc(OC(=O)CCCC)cc(N(CC(=O)O)CC(=O)O)c1. The molecule has 0 aliphatic heterocycles. The molecule has 1 aromatic carbocycles. The number of nitrogens with zero attached hydrogens (tertiary/aromatic N) is 1. The molecule has 234 valence electrons. The fourth-order valence-electron chi connectivity index (χ4n) is 4.79. The molecule has 0 unspecified atom stereocenters. The first-order valence-electron chi connectivity index (χ1n) is 16.0. The normalized spacial score (nSPS) is 10.9. The zero-order chi connectivity index (χ0) is 30.1. The minimum absolute atomic E-state index is 0.214. The van der Waals surface area contributed by atoms with Crippen LogP contribution in [0.2, 0.25) is 0 Å². The van der Waals surface area contributed by atoms with Gasteiger partial charge in [-0.15, -0.1) is 0 Å². The van der Waals surface area contributed by atoms with Gasteiger partial charge in [-0.1, -0.05) is 117 Å². The predicted molar refractivity (Wildman–Crippen MR) is 164 cm³/mol. The number of hydrogen-bond acceptors (Lipinski definition) is 6. The van der Waals surface area contributed by atoms with Gasteiger partial charge in [-0.05, 0) is 12.8 Å². The smallest absolute Gasteiger partial charge is 0.323 e. The van der Waals surface area contributed by atoms with Gasteiger partial charge in [0.2, 0.25) is 0 Å². The highest BCUT2D eigenvalue weighted by Gasteiger charge is 2.17. The van der Waals surface area contributed by atoms with Crippen molar-refractivity contribution >= 4 is 23.6 Å². The molecule has 0 saturated carbocycles. The van der Waals surface area contributed by atoms with Gasteiger partial charge in [0.25, 0.3) is 0 Å². The summed E-state index contributed by atoms with van der Waals surface area (Å²) in [7, 11) is 0. The Morgan fingerprint density at radius 1 is 0.610 bits per heavy atom. The highest BCUT2D eigenvalue weighted by molar-refractivity contribution is 5.80. The van der Waals surface area contributed by atoms with Crippen LogP contribution in [0.25, 0.3) is 0 Å². The van der Waals surface area contributed by atoms with Crippen molar-refractivity contribution in [3.05, 3.63) is 18.2 Å². The second-order valence-electron chi connectivity index (χ2n) is 11.0. The molecule has 0 aliphatic rings. The molecule has 2 N–H and O–H groups in total. The highest BCUT2D eigenvalue weighted by Crippen LogP contribution is 2.29. The average Bonchev–Trinajstić information content (AvgIpc) is 2.92. The van der Waals surface area contributed by atoms with E-state index in [1.807, 2.05) is 6.92 Å². The summed E-state index contributed by atoms with van der Waals surface area (Å²) >= 11 is 0. The number of unbranched alkanes of at least 4 members (excludes halogenated alkanes) is 16. The van der Waals surface area contributed by atoms with E-state index >= 15 is 0 Å². The van der Waals surface area contributed by atoms with Crippen molar-refractivity contribution < 1.29 is 34.1 Å². The molecular weight excluding hydrogens is 522 g/mol. The third-order valence-corrected chi connectivity index (χ3v) is 7.11. The molecule has 1 rings (SSSR count). The maximum Gasteiger partial charge on any atom is 0.323 e. The third kappa shape index (κ3) is 19.9. The summed E-state index contributed by atoms with van der Waals surface area (Å²) < 4.78 is 11.4. The van der Waals surface area contributed by atoms with Gasteiger partial charge in [0.15, 0.2) is 0 Å². The summed E-state index contributed by atoms with van der Waals surface area (Å²) in [4.78, 5) is 36.0. The molecule has 0 radical (unpaired) electrons. The van der Waals surface area contributed by atoms with Gasteiger partial charge < -0.3 is 24.6 Å². The van der Waals surface area contributed by atoms with Crippen molar-refractivity contribution in [1.82, 2.24) is 0 Å². The summed E-state index contributed by atoms with van der Waals surface area (Å²) in [5.41, 5.74) is 0.317. The van der Waals surface area contributed by atoms with E-state index in [0.29, 0.717) is 24.5 Å². The lowest BCUT2D eigenvalue weighted by molar-refractivity contribution is -0.137. The molecule has 0 atom stereocenters. The molecule has 41 heavy (non-hydrogen) atoms. The first-order chi connectivity index (χ1) is 19.8. The molecule has 0 heterocycles. The maximum absolute atomic E-state index is 12.2. The number of aliphatic carboxylic acids is 2. The Labute approximate surface area is 247 Å². The zero-order valence-corrected chi connectivity index (χ0v) is 25.7. The van der Waals surface area contributed by atoms with Gasteiger partial charge in [0.05, 0.1) is 6.61 Å². The number of carboxylic acid groups (broad SMARTS) is 2. The highest BCUT2D eigenvalue weighted by atomic mass is 16.5. The van der Waals surface area contributed by atoms with E-state index in [9.17, 15) is 24.6 Å². The number of carbonyl (C=O) groups excluding carboxylic acids is 1.